The standard InChI is InChI=1S/C32H38Cl2N4O3S/c1-19(2)25-26(28(39)36(7)24-16-17-37(18-24)30(40)41-31(3,4)5)42-29-35-32(6,21-10-14-23(34)15-11-21)27(38(25)29)20-8-12-22(33)13-9-20/h8-15,19,24,27H,16-18H2,1-7H3/t24-,27-,32+/m1/s1. The maximum Gasteiger partial charge on any atom is 0.410 e. The number of likely N-dealkylation sites (tertiary alicyclic amines) is 1. The smallest absolute Gasteiger partial charge is 0.410 e. The lowest BCUT2D eigenvalue weighted by Gasteiger charge is -2.37. The summed E-state index contributed by atoms with van der Waals surface area (Å²) in [6.45, 7) is 12.9. The van der Waals surface area contributed by atoms with E-state index in [2.05, 4.69) is 25.7 Å². The van der Waals surface area contributed by atoms with Crippen molar-refractivity contribution in [3.63, 3.8) is 0 Å². The van der Waals surface area contributed by atoms with Gasteiger partial charge in [-0.05, 0) is 87.2 Å². The molecule has 2 aromatic carbocycles. The van der Waals surface area contributed by atoms with E-state index in [0.717, 1.165) is 22.0 Å². The normalized spacial score (nSPS) is 23.9. The predicted octanol–water partition coefficient (Wildman–Crippen LogP) is 7.70. The molecule has 0 unspecified atom stereocenters. The Labute approximate surface area is 262 Å². The predicted molar refractivity (Wildman–Crippen MR) is 171 cm³/mol. The monoisotopic (exact) mass is 628 g/mol. The average Bonchev–Trinajstić information content (AvgIpc) is 3.61. The van der Waals surface area contributed by atoms with Crippen molar-refractivity contribution in [3.05, 3.63) is 80.3 Å². The van der Waals surface area contributed by atoms with Crippen molar-refractivity contribution in [1.82, 2.24) is 14.7 Å². The Bertz CT molecular complexity index is 1440. The number of hydrogen-bond donors (Lipinski definition) is 0. The van der Waals surface area contributed by atoms with Gasteiger partial charge in [0.1, 0.15) is 16.0 Å². The van der Waals surface area contributed by atoms with E-state index in [9.17, 15) is 9.59 Å². The van der Waals surface area contributed by atoms with Crippen LogP contribution in [0.5, 0.6) is 0 Å². The summed E-state index contributed by atoms with van der Waals surface area (Å²) in [7, 11) is 1.83. The molecule has 0 saturated carbocycles. The minimum absolute atomic E-state index is 0.0557. The summed E-state index contributed by atoms with van der Waals surface area (Å²) >= 11 is 14.0. The number of aliphatic imine (C=N–C) groups is 1. The maximum absolute atomic E-state index is 14.1. The third-order valence-electron chi connectivity index (χ3n) is 8.05. The van der Waals surface area contributed by atoms with Crippen LogP contribution in [0.1, 0.15) is 65.1 Å². The van der Waals surface area contributed by atoms with Crippen LogP contribution in [-0.2, 0) is 15.1 Å². The van der Waals surface area contributed by atoms with Crippen LogP contribution in [0.25, 0.3) is 0 Å². The first-order valence-corrected chi connectivity index (χ1v) is 15.8. The molecule has 10 heteroatoms. The number of carbonyl (C=O) groups is 2. The molecular formula is C32H38Cl2N4O3S. The van der Waals surface area contributed by atoms with Crippen LogP contribution in [0, 0.1) is 5.92 Å². The topological polar surface area (TPSA) is 65.5 Å². The molecule has 3 atom stereocenters. The summed E-state index contributed by atoms with van der Waals surface area (Å²) in [6.07, 6.45) is 0.355. The molecule has 1 saturated heterocycles. The third kappa shape index (κ3) is 5.78. The molecule has 0 aromatic heterocycles. The summed E-state index contributed by atoms with van der Waals surface area (Å²) in [5, 5.41) is 2.13. The van der Waals surface area contributed by atoms with Crippen LogP contribution in [0.3, 0.4) is 0 Å². The molecule has 3 aliphatic rings. The van der Waals surface area contributed by atoms with Gasteiger partial charge in [-0.1, -0.05) is 61.3 Å². The minimum Gasteiger partial charge on any atom is -0.444 e. The molecule has 2 amide bonds. The Kier molecular flexibility index (Phi) is 8.38. The fraction of sp³-hybridized carbons (Fsp3) is 0.469. The van der Waals surface area contributed by atoms with E-state index < -0.39 is 11.1 Å². The van der Waals surface area contributed by atoms with Gasteiger partial charge in [-0.25, -0.2) is 9.79 Å². The maximum atomic E-state index is 14.1. The Morgan fingerprint density at radius 2 is 1.67 bits per heavy atom. The number of benzene rings is 2. The molecule has 0 aliphatic carbocycles. The lowest BCUT2D eigenvalue weighted by Crippen LogP contribution is -2.42. The zero-order valence-corrected chi connectivity index (χ0v) is 27.5. The number of fused-ring (bicyclic) bond motifs is 1. The van der Waals surface area contributed by atoms with Crippen molar-refractivity contribution in [2.24, 2.45) is 10.9 Å². The molecule has 1 fully saturated rings. The SMILES string of the molecule is CC(C)C1=C(C(=O)N(C)[C@@H]2CCN(C(=O)OC(C)(C)C)C2)SC2=N[C@@](C)(c3ccc(Cl)cc3)[C@@H](c3ccc(Cl)cc3)N21. The van der Waals surface area contributed by atoms with E-state index in [-0.39, 0.29) is 30.0 Å². The van der Waals surface area contributed by atoms with E-state index in [1.807, 2.05) is 76.3 Å². The second-order valence-corrected chi connectivity index (χ2v) is 14.5. The number of ether oxygens (including phenoxy) is 1. The molecule has 2 aromatic rings. The Morgan fingerprint density at radius 3 is 2.24 bits per heavy atom. The van der Waals surface area contributed by atoms with Crippen LogP contribution in [0.15, 0.2) is 64.1 Å². The van der Waals surface area contributed by atoms with Gasteiger partial charge < -0.3 is 19.4 Å². The lowest BCUT2D eigenvalue weighted by atomic mass is 9.81. The fourth-order valence-electron chi connectivity index (χ4n) is 5.94. The lowest BCUT2D eigenvalue weighted by molar-refractivity contribution is -0.127. The summed E-state index contributed by atoms with van der Waals surface area (Å²) in [5.74, 6) is 0.00153. The van der Waals surface area contributed by atoms with Crippen molar-refractivity contribution in [2.45, 2.75) is 71.2 Å². The fourth-order valence-corrected chi connectivity index (χ4v) is 7.58. The number of likely N-dealkylation sites (N-methyl/N-ethyl adjacent to an activating group) is 1. The van der Waals surface area contributed by atoms with Gasteiger partial charge in [-0.15, -0.1) is 0 Å². The van der Waals surface area contributed by atoms with E-state index in [0.29, 0.717) is 34.5 Å². The summed E-state index contributed by atoms with van der Waals surface area (Å²) in [4.78, 5) is 38.5. The first kappa shape index (κ1) is 30.8. The van der Waals surface area contributed by atoms with Crippen LogP contribution in [0.2, 0.25) is 10.0 Å². The van der Waals surface area contributed by atoms with Gasteiger partial charge in [0.2, 0.25) is 0 Å². The molecule has 0 bridgehead atoms. The van der Waals surface area contributed by atoms with Gasteiger partial charge in [0, 0.05) is 35.9 Å². The number of rotatable bonds is 5. The number of allylic oxidation sites excluding steroid dienone is 1. The Balaban J connectivity index is 1.48. The highest BCUT2D eigenvalue weighted by Crippen LogP contribution is 2.56. The molecule has 7 nitrogen and oxygen atoms in total. The molecule has 5 rings (SSSR count). The van der Waals surface area contributed by atoms with Crippen LogP contribution < -0.4 is 0 Å². The molecule has 3 aliphatic heterocycles. The highest BCUT2D eigenvalue weighted by molar-refractivity contribution is 8.18. The number of thioether (sulfide) groups is 1. The third-order valence-corrected chi connectivity index (χ3v) is 9.61. The molecule has 3 heterocycles. The van der Waals surface area contributed by atoms with Crippen molar-refractivity contribution in [1.29, 1.82) is 0 Å². The summed E-state index contributed by atoms with van der Waals surface area (Å²) in [6, 6.07) is 15.4. The number of carbonyl (C=O) groups excluding carboxylic acids is 2. The van der Waals surface area contributed by atoms with E-state index in [1.54, 1.807) is 9.80 Å². The van der Waals surface area contributed by atoms with E-state index in [4.69, 9.17) is 32.9 Å². The van der Waals surface area contributed by atoms with Crippen LogP contribution in [0.4, 0.5) is 4.79 Å². The minimum atomic E-state index is -0.624. The number of amidine groups is 1. The summed E-state index contributed by atoms with van der Waals surface area (Å²) < 4.78 is 5.56. The van der Waals surface area contributed by atoms with Crippen LogP contribution in [-0.4, -0.2) is 63.6 Å². The molecule has 0 spiro atoms. The van der Waals surface area contributed by atoms with Crippen molar-refractivity contribution in [2.75, 3.05) is 20.1 Å². The van der Waals surface area contributed by atoms with Crippen molar-refractivity contribution in [3.8, 4) is 0 Å². The summed E-state index contributed by atoms with van der Waals surface area (Å²) in [5.41, 5.74) is 1.86. The second-order valence-electron chi connectivity index (χ2n) is 12.6. The van der Waals surface area contributed by atoms with Crippen LogP contribution >= 0.6 is 35.0 Å². The number of nitrogens with zero attached hydrogens (tertiary/aromatic N) is 4. The van der Waals surface area contributed by atoms with Gasteiger partial charge in [0.05, 0.1) is 12.1 Å². The number of amides is 2. The zero-order valence-electron chi connectivity index (χ0n) is 25.1. The highest BCUT2D eigenvalue weighted by Gasteiger charge is 2.53. The number of hydrogen-bond acceptors (Lipinski definition) is 6. The van der Waals surface area contributed by atoms with Crippen molar-refractivity contribution >= 4 is 52.1 Å². The molecule has 0 radical (unpaired) electrons. The van der Waals surface area contributed by atoms with Gasteiger partial charge in [0.15, 0.2) is 5.17 Å². The van der Waals surface area contributed by atoms with Gasteiger partial charge >= 0.3 is 6.09 Å². The number of halogens is 2. The molecular weight excluding hydrogens is 591 g/mol. The Hall–Kier alpha value is -2.68. The van der Waals surface area contributed by atoms with Gasteiger partial charge in [-0.2, -0.15) is 0 Å². The molecule has 224 valence electrons. The largest absolute Gasteiger partial charge is 0.444 e. The first-order chi connectivity index (χ1) is 19.7. The molecule has 0 N–H and O–H groups in total. The average molecular weight is 630 g/mol. The Morgan fingerprint density at radius 1 is 1.07 bits per heavy atom. The first-order valence-electron chi connectivity index (χ1n) is 14.3. The second kappa shape index (κ2) is 11.4. The zero-order chi connectivity index (χ0) is 30.6. The van der Waals surface area contributed by atoms with Gasteiger partial charge in [0.25, 0.3) is 5.91 Å². The van der Waals surface area contributed by atoms with E-state index in [1.165, 1.54) is 11.8 Å². The van der Waals surface area contributed by atoms with Gasteiger partial charge in [-0.3, -0.25) is 4.79 Å². The van der Waals surface area contributed by atoms with Crippen molar-refractivity contribution < 1.29 is 14.3 Å². The quantitative estimate of drug-likeness (QED) is 0.339. The highest BCUT2D eigenvalue weighted by atomic mass is 35.5. The van der Waals surface area contributed by atoms with E-state index >= 15 is 0 Å². The molecule has 42 heavy (non-hydrogen) atoms.